The Morgan fingerprint density at radius 1 is 0.964 bits per heavy atom. The predicted molar refractivity (Wildman–Crippen MR) is 112 cm³/mol. The molecular formula is C23H29N3O2. The lowest BCUT2D eigenvalue weighted by atomic mass is 9.96. The first kappa shape index (κ1) is 20.1. The molecule has 3 rings (SSSR count). The second-order valence-corrected chi connectivity index (χ2v) is 7.75. The molecule has 1 aliphatic rings. The van der Waals surface area contributed by atoms with Crippen LogP contribution in [0.4, 0.5) is 5.69 Å². The second kappa shape index (κ2) is 9.51. The van der Waals surface area contributed by atoms with E-state index >= 15 is 0 Å². The molecule has 0 aromatic heterocycles. The molecule has 0 spiro atoms. The third-order valence-electron chi connectivity index (χ3n) is 5.19. The number of carbonyl (C=O) groups excluding carboxylic acids is 2. The molecule has 0 aliphatic carbocycles. The molecule has 0 bridgehead atoms. The maximum atomic E-state index is 12.1. The van der Waals surface area contributed by atoms with E-state index in [4.69, 9.17) is 0 Å². The zero-order chi connectivity index (χ0) is 19.9. The third kappa shape index (κ3) is 5.92. The van der Waals surface area contributed by atoms with Crippen LogP contribution in [0.2, 0.25) is 0 Å². The lowest BCUT2D eigenvalue weighted by Gasteiger charge is -2.32. The number of hydrogen-bond acceptors (Lipinski definition) is 3. The van der Waals surface area contributed by atoms with Crippen LogP contribution >= 0.6 is 0 Å². The van der Waals surface area contributed by atoms with E-state index in [1.807, 2.05) is 38.1 Å². The summed E-state index contributed by atoms with van der Waals surface area (Å²) in [7, 11) is 0. The molecule has 5 heteroatoms. The standard InChI is InChI=1S/C23H29N3O2/c1-17-12-18(2)14-21(13-17)25-23(28)22(27)24-15-19-8-10-26(11-9-19)16-20-6-4-3-5-7-20/h3-7,12-14,19H,8-11,15-16H2,1-2H3,(H,24,27)(H,25,28). The van der Waals surface area contributed by atoms with Crippen molar-refractivity contribution in [1.29, 1.82) is 0 Å². The molecule has 1 heterocycles. The number of anilines is 1. The Kier molecular flexibility index (Phi) is 6.82. The lowest BCUT2D eigenvalue weighted by molar-refractivity contribution is -0.136. The minimum Gasteiger partial charge on any atom is -0.348 e. The van der Waals surface area contributed by atoms with Crippen LogP contribution in [-0.2, 0) is 16.1 Å². The quantitative estimate of drug-likeness (QED) is 0.784. The number of aryl methyl sites for hydroxylation is 2. The lowest BCUT2D eigenvalue weighted by Crippen LogP contribution is -2.41. The van der Waals surface area contributed by atoms with E-state index in [0.717, 1.165) is 43.6 Å². The molecule has 28 heavy (non-hydrogen) atoms. The highest BCUT2D eigenvalue weighted by Gasteiger charge is 2.21. The van der Waals surface area contributed by atoms with Crippen molar-refractivity contribution in [2.75, 3.05) is 25.0 Å². The molecule has 5 nitrogen and oxygen atoms in total. The number of amides is 2. The van der Waals surface area contributed by atoms with Gasteiger partial charge in [-0.3, -0.25) is 14.5 Å². The monoisotopic (exact) mass is 379 g/mol. The first-order valence-electron chi connectivity index (χ1n) is 9.93. The third-order valence-corrected chi connectivity index (χ3v) is 5.19. The highest BCUT2D eigenvalue weighted by atomic mass is 16.2. The number of piperidine rings is 1. The summed E-state index contributed by atoms with van der Waals surface area (Å²) < 4.78 is 0. The summed E-state index contributed by atoms with van der Waals surface area (Å²) in [5.41, 5.74) is 4.10. The molecule has 2 aromatic carbocycles. The van der Waals surface area contributed by atoms with E-state index in [1.54, 1.807) is 0 Å². The summed E-state index contributed by atoms with van der Waals surface area (Å²) in [6.45, 7) is 7.49. The Morgan fingerprint density at radius 3 is 2.25 bits per heavy atom. The van der Waals surface area contributed by atoms with Crippen LogP contribution in [0.1, 0.15) is 29.5 Å². The van der Waals surface area contributed by atoms with Crippen LogP contribution in [0.5, 0.6) is 0 Å². The average molecular weight is 380 g/mol. The minimum absolute atomic E-state index is 0.421. The Balaban J connectivity index is 1.39. The molecule has 2 amide bonds. The smallest absolute Gasteiger partial charge is 0.313 e. The van der Waals surface area contributed by atoms with Crippen LogP contribution in [0, 0.1) is 19.8 Å². The molecule has 0 unspecified atom stereocenters. The van der Waals surface area contributed by atoms with Crippen LogP contribution in [0.15, 0.2) is 48.5 Å². The van der Waals surface area contributed by atoms with Gasteiger partial charge in [-0.15, -0.1) is 0 Å². The van der Waals surface area contributed by atoms with Gasteiger partial charge in [-0.05, 0) is 74.5 Å². The van der Waals surface area contributed by atoms with Gasteiger partial charge in [-0.2, -0.15) is 0 Å². The number of likely N-dealkylation sites (tertiary alicyclic amines) is 1. The van der Waals surface area contributed by atoms with Crippen molar-refractivity contribution in [2.24, 2.45) is 5.92 Å². The molecule has 2 aromatic rings. The average Bonchev–Trinajstić information content (AvgIpc) is 2.67. The van der Waals surface area contributed by atoms with E-state index < -0.39 is 11.8 Å². The molecule has 1 saturated heterocycles. The van der Waals surface area contributed by atoms with Crippen molar-refractivity contribution >= 4 is 17.5 Å². The fraction of sp³-hybridized carbons (Fsp3) is 0.391. The van der Waals surface area contributed by atoms with Gasteiger partial charge in [0.25, 0.3) is 0 Å². The predicted octanol–water partition coefficient (Wildman–Crippen LogP) is 3.27. The summed E-state index contributed by atoms with van der Waals surface area (Å²) in [6.07, 6.45) is 2.07. The molecule has 1 aliphatic heterocycles. The van der Waals surface area contributed by atoms with Gasteiger partial charge in [0.2, 0.25) is 0 Å². The van der Waals surface area contributed by atoms with Crippen LogP contribution in [-0.4, -0.2) is 36.3 Å². The van der Waals surface area contributed by atoms with Crippen molar-refractivity contribution in [3.63, 3.8) is 0 Å². The summed E-state index contributed by atoms with van der Waals surface area (Å²) in [6, 6.07) is 16.2. The fourth-order valence-corrected chi connectivity index (χ4v) is 3.74. The second-order valence-electron chi connectivity index (χ2n) is 7.75. The van der Waals surface area contributed by atoms with Crippen molar-refractivity contribution in [1.82, 2.24) is 10.2 Å². The van der Waals surface area contributed by atoms with Crippen LogP contribution < -0.4 is 10.6 Å². The summed E-state index contributed by atoms with van der Waals surface area (Å²) in [4.78, 5) is 26.7. The molecule has 0 radical (unpaired) electrons. The molecule has 1 fully saturated rings. The van der Waals surface area contributed by atoms with E-state index in [0.29, 0.717) is 18.2 Å². The summed E-state index contributed by atoms with van der Waals surface area (Å²) in [5, 5.41) is 5.48. The van der Waals surface area contributed by atoms with E-state index in [-0.39, 0.29) is 0 Å². The maximum Gasteiger partial charge on any atom is 0.313 e. The Morgan fingerprint density at radius 2 is 1.61 bits per heavy atom. The van der Waals surface area contributed by atoms with Crippen LogP contribution in [0.25, 0.3) is 0 Å². The largest absolute Gasteiger partial charge is 0.348 e. The number of nitrogens with one attached hydrogen (secondary N) is 2. The SMILES string of the molecule is Cc1cc(C)cc(NC(=O)C(=O)NCC2CCN(Cc3ccccc3)CC2)c1. The molecule has 2 N–H and O–H groups in total. The zero-order valence-corrected chi connectivity index (χ0v) is 16.7. The van der Waals surface area contributed by atoms with Gasteiger partial charge < -0.3 is 10.6 Å². The van der Waals surface area contributed by atoms with Crippen molar-refractivity contribution in [3.05, 3.63) is 65.2 Å². The Bertz CT molecular complexity index is 792. The van der Waals surface area contributed by atoms with Gasteiger partial charge in [0, 0.05) is 18.8 Å². The summed E-state index contributed by atoms with van der Waals surface area (Å²) >= 11 is 0. The highest BCUT2D eigenvalue weighted by Crippen LogP contribution is 2.18. The normalized spacial score (nSPS) is 15.2. The molecular weight excluding hydrogens is 350 g/mol. The Labute approximate surface area is 167 Å². The van der Waals surface area contributed by atoms with Gasteiger partial charge in [0.05, 0.1) is 0 Å². The van der Waals surface area contributed by atoms with Gasteiger partial charge >= 0.3 is 11.8 Å². The number of hydrogen-bond donors (Lipinski definition) is 2. The van der Waals surface area contributed by atoms with E-state index in [1.165, 1.54) is 5.56 Å². The molecule has 0 atom stereocenters. The van der Waals surface area contributed by atoms with Crippen molar-refractivity contribution < 1.29 is 9.59 Å². The number of benzene rings is 2. The summed E-state index contributed by atoms with van der Waals surface area (Å²) in [5.74, 6) is -0.748. The van der Waals surface area contributed by atoms with E-state index in [9.17, 15) is 9.59 Å². The van der Waals surface area contributed by atoms with Gasteiger partial charge in [0.1, 0.15) is 0 Å². The highest BCUT2D eigenvalue weighted by molar-refractivity contribution is 6.39. The van der Waals surface area contributed by atoms with Gasteiger partial charge in [-0.1, -0.05) is 36.4 Å². The topological polar surface area (TPSA) is 61.4 Å². The molecule has 148 valence electrons. The fourth-order valence-electron chi connectivity index (χ4n) is 3.74. The van der Waals surface area contributed by atoms with Crippen molar-refractivity contribution in [2.45, 2.75) is 33.2 Å². The van der Waals surface area contributed by atoms with Gasteiger partial charge in [0.15, 0.2) is 0 Å². The number of nitrogens with zero attached hydrogens (tertiary/aromatic N) is 1. The van der Waals surface area contributed by atoms with E-state index in [2.05, 4.69) is 39.8 Å². The zero-order valence-electron chi connectivity index (χ0n) is 16.7. The number of rotatable bonds is 5. The maximum absolute atomic E-state index is 12.1. The number of carbonyl (C=O) groups is 2. The first-order chi connectivity index (χ1) is 13.5. The minimum atomic E-state index is -0.605. The van der Waals surface area contributed by atoms with Crippen LogP contribution in [0.3, 0.4) is 0 Å². The van der Waals surface area contributed by atoms with Gasteiger partial charge in [-0.25, -0.2) is 0 Å². The molecule has 0 saturated carbocycles. The Hall–Kier alpha value is -2.66. The van der Waals surface area contributed by atoms with Crippen molar-refractivity contribution in [3.8, 4) is 0 Å². The first-order valence-corrected chi connectivity index (χ1v) is 9.93.